The molecule has 0 radical (unpaired) electrons. The lowest BCUT2D eigenvalue weighted by atomic mass is 9.68. The van der Waals surface area contributed by atoms with E-state index in [9.17, 15) is 18.0 Å². The molecule has 214 valence electrons. The highest BCUT2D eigenvalue weighted by atomic mass is 19.4. The molecule has 6 nitrogen and oxygen atoms in total. The molecule has 0 unspecified atom stereocenters. The lowest BCUT2D eigenvalue weighted by Gasteiger charge is -2.45. The van der Waals surface area contributed by atoms with Crippen LogP contribution in [0.1, 0.15) is 62.3 Å². The van der Waals surface area contributed by atoms with Crippen molar-refractivity contribution in [1.82, 2.24) is 15.2 Å². The maximum absolute atomic E-state index is 13.5. The molecule has 1 amide bonds. The quantitative estimate of drug-likeness (QED) is 0.408. The van der Waals surface area contributed by atoms with Crippen LogP contribution in [0.25, 0.3) is 10.9 Å². The predicted octanol–water partition coefficient (Wildman–Crippen LogP) is 4.99. The Morgan fingerprint density at radius 2 is 2.10 bits per heavy atom. The van der Waals surface area contributed by atoms with Crippen molar-refractivity contribution >= 4 is 16.8 Å². The van der Waals surface area contributed by atoms with E-state index in [4.69, 9.17) is 10.5 Å². The number of benzene rings is 1. The van der Waals surface area contributed by atoms with Gasteiger partial charge in [-0.2, -0.15) is 13.2 Å². The summed E-state index contributed by atoms with van der Waals surface area (Å²) in [7, 11) is 0. The van der Waals surface area contributed by atoms with Crippen LogP contribution in [0.3, 0.4) is 0 Å². The van der Waals surface area contributed by atoms with Crippen LogP contribution in [-0.4, -0.2) is 61.2 Å². The van der Waals surface area contributed by atoms with Crippen molar-refractivity contribution in [3.8, 4) is 0 Å². The Morgan fingerprint density at radius 3 is 2.82 bits per heavy atom. The third-order valence-electron chi connectivity index (χ3n) is 9.56. The number of amides is 1. The highest BCUT2D eigenvalue weighted by molar-refractivity contribution is 5.86. The summed E-state index contributed by atoms with van der Waals surface area (Å²) in [5.41, 5.74) is 7.86. The number of fused-ring (bicyclic) bond motifs is 4. The van der Waals surface area contributed by atoms with Crippen LogP contribution in [0, 0.1) is 17.3 Å². The van der Waals surface area contributed by atoms with Gasteiger partial charge in [-0.05, 0) is 99.0 Å². The maximum Gasteiger partial charge on any atom is 0.416 e. The topological polar surface area (TPSA) is 83.4 Å². The third-order valence-corrected chi connectivity index (χ3v) is 9.56. The minimum atomic E-state index is -4.34. The summed E-state index contributed by atoms with van der Waals surface area (Å²) >= 11 is 0. The first kappa shape index (κ1) is 28.2. The van der Waals surface area contributed by atoms with Crippen molar-refractivity contribution in [1.29, 1.82) is 0 Å². The van der Waals surface area contributed by atoms with Crippen LogP contribution in [0.2, 0.25) is 0 Å². The van der Waals surface area contributed by atoms with Crippen molar-refractivity contribution < 1.29 is 22.7 Å². The summed E-state index contributed by atoms with van der Waals surface area (Å²) in [6, 6.07) is 3.74. The van der Waals surface area contributed by atoms with E-state index in [2.05, 4.69) is 34.3 Å². The fourth-order valence-electron chi connectivity index (χ4n) is 7.04. The van der Waals surface area contributed by atoms with Gasteiger partial charge in [-0.25, -0.2) is 0 Å². The molecule has 2 aromatic rings. The molecule has 9 heteroatoms. The minimum Gasteiger partial charge on any atom is -0.381 e. The molecule has 5 rings (SSSR count). The van der Waals surface area contributed by atoms with E-state index in [0.29, 0.717) is 18.4 Å². The van der Waals surface area contributed by atoms with E-state index in [1.807, 2.05) is 0 Å². The molecule has 1 aromatic heterocycles. The zero-order valence-electron chi connectivity index (χ0n) is 22.9. The molecule has 4 atom stereocenters. The Labute approximate surface area is 228 Å². The van der Waals surface area contributed by atoms with E-state index < -0.39 is 11.7 Å². The van der Waals surface area contributed by atoms with Crippen LogP contribution in [0.5, 0.6) is 0 Å². The molecule has 39 heavy (non-hydrogen) atoms. The lowest BCUT2D eigenvalue weighted by Crippen LogP contribution is -2.46. The van der Waals surface area contributed by atoms with Crippen molar-refractivity contribution in [2.45, 2.75) is 64.1 Å². The highest BCUT2D eigenvalue weighted by Crippen LogP contribution is 2.47. The van der Waals surface area contributed by atoms with E-state index in [0.717, 1.165) is 87.1 Å². The first-order chi connectivity index (χ1) is 18.6. The molecule has 0 bridgehead atoms. The number of carbonyl (C=O) groups excluding carboxylic acids is 1. The summed E-state index contributed by atoms with van der Waals surface area (Å²) < 4.78 is 46.0. The molecule has 3 aliphatic rings. The van der Waals surface area contributed by atoms with Gasteiger partial charge in [0.1, 0.15) is 0 Å². The molecule has 0 spiro atoms. The number of H-pyrrole nitrogens is 1. The predicted molar refractivity (Wildman–Crippen MR) is 146 cm³/mol. The number of aromatic nitrogens is 1. The Kier molecular flexibility index (Phi) is 8.13. The first-order valence-corrected chi connectivity index (χ1v) is 14.3. The van der Waals surface area contributed by atoms with E-state index >= 15 is 0 Å². The van der Waals surface area contributed by atoms with Crippen LogP contribution in [-0.2, 0) is 22.1 Å². The van der Waals surface area contributed by atoms with Gasteiger partial charge in [0.25, 0.3) is 0 Å². The number of nitrogens with one attached hydrogen (secondary N) is 2. The third kappa shape index (κ3) is 6.05. The average molecular weight is 547 g/mol. The number of hydrogen-bond acceptors (Lipinski definition) is 4. The van der Waals surface area contributed by atoms with Crippen LogP contribution in [0.15, 0.2) is 30.4 Å². The molecule has 2 aliphatic heterocycles. The van der Waals surface area contributed by atoms with Gasteiger partial charge in [-0.15, -0.1) is 0 Å². The number of allylic oxidation sites excluding steroid dienone is 1. The summed E-state index contributed by atoms with van der Waals surface area (Å²) in [5, 5.41) is 3.87. The van der Waals surface area contributed by atoms with Crippen LogP contribution >= 0.6 is 0 Å². The number of alkyl halides is 3. The zero-order valence-corrected chi connectivity index (χ0v) is 22.9. The number of hydrogen-bond donors (Lipinski definition) is 3. The highest BCUT2D eigenvalue weighted by Gasteiger charge is 2.41. The van der Waals surface area contributed by atoms with Crippen molar-refractivity contribution in [3.05, 3.63) is 47.2 Å². The maximum atomic E-state index is 13.5. The van der Waals surface area contributed by atoms with Crippen molar-refractivity contribution in [3.63, 3.8) is 0 Å². The number of ether oxygens (including phenoxy) is 1. The van der Waals surface area contributed by atoms with Crippen molar-refractivity contribution in [2.75, 3.05) is 39.4 Å². The summed E-state index contributed by atoms with van der Waals surface area (Å²) in [4.78, 5) is 17.3. The Bertz CT molecular complexity index is 1200. The van der Waals surface area contributed by atoms with Crippen molar-refractivity contribution in [2.24, 2.45) is 23.0 Å². The molecule has 0 saturated carbocycles. The molecule has 2 fully saturated rings. The van der Waals surface area contributed by atoms with Gasteiger partial charge < -0.3 is 25.7 Å². The number of rotatable bonds is 8. The normalized spacial score (nSPS) is 26.4. The van der Waals surface area contributed by atoms with E-state index in [-0.39, 0.29) is 23.3 Å². The fourth-order valence-corrected chi connectivity index (χ4v) is 7.04. The molecular formula is C30H41F3N4O2. The lowest BCUT2D eigenvalue weighted by molar-refractivity contribution is -0.137. The van der Waals surface area contributed by atoms with E-state index in [1.165, 1.54) is 12.1 Å². The Morgan fingerprint density at radius 1 is 1.33 bits per heavy atom. The van der Waals surface area contributed by atoms with Gasteiger partial charge in [0.2, 0.25) is 5.91 Å². The second-order valence-corrected chi connectivity index (χ2v) is 11.9. The number of nitrogens with zero attached hydrogens (tertiary/aromatic N) is 1. The second-order valence-electron chi connectivity index (χ2n) is 11.9. The Hall–Kier alpha value is -2.36. The molecule has 3 heterocycles. The SMILES string of the molecule is C[C@H](NCC=CC1(CCN2CC[C@@H]3Cc4[nH]c5ccc(C(F)(F)F)cc5c4[C@H](C)[C@H]3C2)CCOCC1)C(N)=O. The number of likely N-dealkylation sites (tertiary alicyclic amines) is 1. The number of carbonyl (C=O) groups is 1. The summed E-state index contributed by atoms with van der Waals surface area (Å²) in [6.45, 7) is 9.09. The number of piperidine rings is 1. The van der Waals surface area contributed by atoms with Crippen LogP contribution < -0.4 is 11.1 Å². The second kappa shape index (κ2) is 11.3. The smallest absolute Gasteiger partial charge is 0.381 e. The van der Waals surface area contributed by atoms with Gasteiger partial charge >= 0.3 is 6.18 Å². The number of nitrogens with two attached hydrogens (primary N) is 1. The van der Waals surface area contributed by atoms with E-state index in [1.54, 1.807) is 13.0 Å². The largest absolute Gasteiger partial charge is 0.416 e. The molecule has 1 aromatic carbocycles. The first-order valence-electron chi connectivity index (χ1n) is 14.3. The average Bonchev–Trinajstić information content (AvgIpc) is 3.28. The standard InChI is InChI=1S/C30H41F3N4O2/c1-19-24-18-37(13-8-29(9-14-39-15-10-29)7-3-11-35-20(2)28(34)38)12-6-21(24)16-26-27(19)23-17-22(30(31,32)33)4-5-25(23)36-26/h3-5,7,17,19-21,24,35-36H,6,8-16,18H2,1-2H3,(H2,34,38)/t19-,20+,21-,24-/m1/s1. The molecule has 4 N–H and O–H groups in total. The number of aromatic amines is 1. The summed E-state index contributed by atoms with van der Waals surface area (Å²) in [6.07, 6.45) is 5.10. The summed E-state index contributed by atoms with van der Waals surface area (Å²) in [5.74, 6) is 0.828. The van der Waals surface area contributed by atoms with Gasteiger partial charge in [-0.1, -0.05) is 19.1 Å². The molecular weight excluding hydrogens is 505 g/mol. The van der Waals surface area contributed by atoms with Crippen LogP contribution in [0.4, 0.5) is 13.2 Å². The van der Waals surface area contributed by atoms with Gasteiger partial charge in [0.15, 0.2) is 0 Å². The fraction of sp³-hybridized carbons (Fsp3) is 0.633. The monoisotopic (exact) mass is 546 g/mol. The minimum absolute atomic E-state index is 0.0723. The number of halogens is 3. The molecule has 2 saturated heterocycles. The van der Waals surface area contributed by atoms with Gasteiger partial charge in [-0.3, -0.25) is 4.79 Å². The van der Waals surface area contributed by atoms with Gasteiger partial charge in [0, 0.05) is 42.9 Å². The van der Waals surface area contributed by atoms with Gasteiger partial charge in [0.05, 0.1) is 11.6 Å². The number of primary amides is 1. The molecule has 1 aliphatic carbocycles. The Balaban J connectivity index is 1.26. The zero-order chi connectivity index (χ0) is 27.8.